The maximum absolute atomic E-state index is 12.3. The van der Waals surface area contributed by atoms with Crippen LogP contribution in [0, 0.1) is 10.1 Å². The molecule has 0 spiro atoms. The van der Waals surface area contributed by atoms with E-state index in [-0.39, 0.29) is 11.3 Å². The van der Waals surface area contributed by atoms with Crippen LogP contribution in [0.2, 0.25) is 0 Å². The van der Waals surface area contributed by atoms with Gasteiger partial charge in [-0.05, 0) is 48.6 Å². The monoisotopic (exact) mass is 400 g/mol. The number of aryl methyl sites for hydroxylation is 1. The van der Waals surface area contributed by atoms with Crippen LogP contribution in [0.3, 0.4) is 0 Å². The highest BCUT2D eigenvalue weighted by molar-refractivity contribution is 7.17. The van der Waals surface area contributed by atoms with E-state index < -0.39 is 22.8 Å². The summed E-state index contributed by atoms with van der Waals surface area (Å²) in [5.74, 6) is -1.10. The van der Waals surface area contributed by atoms with Crippen molar-refractivity contribution in [2.45, 2.75) is 19.3 Å². The lowest BCUT2D eigenvalue weighted by Crippen LogP contribution is -2.35. The van der Waals surface area contributed by atoms with Gasteiger partial charge in [0.05, 0.1) is 10.5 Å². The molecule has 0 atom stereocenters. The highest BCUT2D eigenvalue weighted by atomic mass is 32.1. The Morgan fingerprint density at radius 2 is 1.89 bits per heavy atom. The molecule has 0 unspecified atom stereocenters. The number of urea groups is 1. The van der Waals surface area contributed by atoms with Gasteiger partial charge in [-0.2, -0.15) is 0 Å². The smallest absolute Gasteiger partial charge is 0.319 e. The number of carbonyl (C=O) groups is 3. The number of hydrogen-bond acceptors (Lipinski definition) is 6. The van der Waals surface area contributed by atoms with Gasteiger partial charge in [-0.3, -0.25) is 25.0 Å². The molecule has 1 aromatic heterocycles. The average Bonchev–Trinajstić information content (AvgIpc) is 3.20. The Kier molecular flexibility index (Phi) is 5.50. The number of nitro groups is 1. The Bertz CT molecular complexity index is 994. The molecule has 0 saturated carbocycles. The van der Waals surface area contributed by atoms with E-state index >= 15 is 0 Å². The zero-order valence-electron chi connectivity index (χ0n) is 14.6. The fourth-order valence-corrected chi connectivity index (χ4v) is 4.23. The number of nitrogens with one attached hydrogen (secondary N) is 2. The number of carbonyl (C=O) groups excluding carboxylic acids is 3. The number of non-ortho nitro benzene ring substituents is 1. The molecule has 0 radical (unpaired) electrons. The summed E-state index contributed by atoms with van der Waals surface area (Å²) in [6, 6.07) is 4.76. The summed E-state index contributed by atoms with van der Waals surface area (Å²) in [5.41, 5.74) is 6.70. The minimum atomic E-state index is -0.960. The standard InChI is InChI=1S/C18H16N4O5S/c19-18(25)21-16(24)15-12-2-1-3-13(12)28-17(15)20-14(23)9-6-10-4-7-11(8-5-10)22(26)27/h4-9H,1-3H2,(H,20,23)(H3,19,21,24,25). The van der Waals surface area contributed by atoms with Gasteiger partial charge in [0, 0.05) is 23.1 Å². The topological polar surface area (TPSA) is 144 Å². The van der Waals surface area contributed by atoms with Crippen molar-refractivity contribution in [1.82, 2.24) is 5.32 Å². The zero-order chi connectivity index (χ0) is 20.3. The number of primary amides is 1. The molecule has 144 valence electrons. The molecule has 0 fully saturated rings. The number of rotatable bonds is 5. The van der Waals surface area contributed by atoms with Crippen LogP contribution in [0.5, 0.6) is 0 Å². The first kappa shape index (κ1) is 19.2. The number of amides is 4. The van der Waals surface area contributed by atoms with E-state index in [9.17, 15) is 24.5 Å². The molecule has 10 heteroatoms. The first-order valence-electron chi connectivity index (χ1n) is 8.34. The number of imide groups is 1. The lowest BCUT2D eigenvalue weighted by Gasteiger charge is -2.06. The van der Waals surface area contributed by atoms with Gasteiger partial charge < -0.3 is 11.1 Å². The number of nitrogens with zero attached hydrogens (tertiary/aromatic N) is 1. The minimum absolute atomic E-state index is 0.0418. The number of benzene rings is 1. The van der Waals surface area contributed by atoms with Crippen molar-refractivity contribution >= 4 is 45.9 Å². The van der Waals surface area contributed by atoms with Gasteiger partial charge in [-0.15, -0.1) is 11.3 Å². The van der Waals surface area contributed by atoms with E-state index in [2.05, 4.69) is 5.32 Å². The largest absolute Gasteiger partial charge is 0.351 e. The van der Waals surface area contributed by atoms with E-state index in [4.69, 9.17) is 5.73 Å². The van der Waals surface area contributed by atoms with Crippen molar-refractivity contribution in [3.8, 4) is 0 Å². The van der Waals surface area contributed by atoms with Gasteiger partial charge in [-0.1, -0.05) is 0 Å². The van der Waals surface area contributed by atoms with Crippen LogP contribution >= 0.6 is 11.3 Å². The van der Waals surface area contributed by atoms with E-state index in [0.29, 0.717) is 17.0 Å². The first-order valence-corrected chi connectivity index (χ1v) is 9.15. The molecule has 1 aliphatic carbocycles. The fraction of sp³-hybridized carbons (Fsp3) is 0.167. The zero-order valence-corrected chi connectivity index (χ0v) is 15.4. The van der Waals surface area contributed by atoms with Crippen molar-refractivity contribution in [3.63, 3.8) is 0 Å². The number of nitro benzene ring substituents is 1. The molecule has 9 nitrogen and oxygen atoms in total. The molecular formula is C18H16N4O5S. The SMILES string of the molecule is NC(=O)NC(=O)c1c(NC(=O)C=Cc2ccc([N+](=O)[O-])cc2)sc2c1CCC2. The predicted molar refractivity (Wildman–Crippen MR) is 104 cm³/mol. The van der Waals surface area contributed by atoms with Crippen LogP contribution in [0.4, 0.5) is 15.5 Å². The number of fused-ring (bicyclic) bond motifs is 1. The molecular weight excluding hydrogens is 384 g/mol. The van der Waals surface area contributed by atoms with Crippen molar-refractivity contribution in [3.05, 3.63) is 62.0 Å². The highest BCUT2D eigenvalue weighted by Crippen LogP contribution is 2.39. The van der Waals surface area contributed by atoms with Crippen molar-refractivity contribution < 1.29 is 19.3 Å². The first-order chi connectivity index (χ1) is 13.3. The van der Waals surface area contributed by atoms with E-state index in [1.54, 1.807) is 0 Å². The average molecular weight is 400 g/mol. The molecule has 2 aromatic rings. The Balaban J connectivity index is 1.76. The summed E-state index contributed by atoms with van der Waals surface area (Å²) >= 11 is 1.31. The Morgan fingerprint density at radius 1 is 1.18 bits per heavy atom. The van der Waals surface area contributed by atoms with Crippen LogP contribution < -0.4 is 16.4 Å². The van der Waals surface area contributed by atoms with Gasteiger partial charge in [0.25, 0.3) is 11.6 Å². The third-order valence-electron chi connectivity index (χ3n) is 4.15. The van der Waals surface area contributed by atoms with Crippen molar-refractivity contribution in [1.29, 1.82) is 0 Å². The van der Waals surface area contributed by atoms with Gasteiger partial charge in [0.1, 0.15) is 5.00 Å². The maximum Gasteiger partial charge on any atom is 0.319 e. The number of anilines is 1. The second-order valence-electron chi connectivity index (χ2n) is 6.05. The van der Waals surface area contributed by atoms with Crippen molar-refractivity contribution in [2.24, 2.45) is 5.73 Å². The number of thiophene rings is 1. The lowest BCUT2D eigenvalue weighted by molar-refractivity contribution is -0.384. The quantitative estimate of drug-likeness (QED) is 0.401. The number of hydrogen-bond donors (Lipinski definition) is 3. The van der Waals surface area contributed by atoms with Crippen LogP contribution in [0.1, 0.15) is 32.8 Å². The molecule has 0 saturated heterocycles. The minimum Gasteiger partial charge on any atom is -0.351 e. The summed E-state index contributed by atoms with van der Waals surface area (Å²) < 4.78 is 0. The molecule has 3 rings (SSSR count). The molecule has 0 aliphatic heterocycles. The second kappa shape index (κ2) is 8.01. The summed E-state index contributed by atoms with van der Waals surface area (Å²) in [5, 5.41) is 15.7. The summed E-state index contributed by atoms with van der Waals surface area (Å²) in [6.45, 7) is 0. The van der Waals surface area contributed by atoms with E-state index in [0.717, 1.165) is 23.3 Å². The Hall–Kier alpha value is -3.53. The molecule has 0 bridgehead atoms. The Labute approximate surface area is 163 Å². The third-order valence-corrected chi connectivity index (χ3v) is 5.36. The van der Waals surface area contributed by atoms with Crippen LogP contribution in [0.15, 0.2) is 30.3 Å². The summed E-state index contributed by atoms with van der Waals surface area (Å²) in [4.78, 5) is 46.8. The van der Waals surface area contributed by atoms with E-state index in [1.807, 2.05) is 5.32 Å². The van der Waals surface area contributed by atoms with E-state index in [1.165, 1.54) is 47.8 Å². The fourth-order valence-electron chi connectivity index (χ4n) is 2.94. The molecule has 1 heterocycles. The van der Waals surface area contributed by atoms with Gasteiger partial charge in [0.15, 0.2) is 0 Å². The molecule has 28 heavy (non-hydrogen) atoms. The highest BCUT2D eigenvalue weighted by Gasteiger charge is 2.27. The third kappa shape index (κ3) is 4.23. The van der Waals surface area contributed by atoms with Crippen LogP contribution in [-0.4, -0.2) is 22.8 Å². The van der Waals surface area contributed by atoms with Gasteiger partial charge in [0.2, 0.25) is 5.91 Å². The van der Waals surface area contributed by atoms with Crippen LogP contribution in [0.25, 0.3) is 6.08 Å². The normalized spacial score (nSPS) is 12.6. The summed E-state index contributed by atoms with van der Waals surface area (Å²) in [7, 11) is 0. The maximum atomic E-state index is 12.3. The molecule has 1 aliphatic rings. The second-order valence-corrected chi connectivity index (χ2v) is 7.16. The Morgan fingerprint density at radius 3 is 2.54 bits per heavy atom. The molecule has 1 aromatic carbocycles. The number of nitrogens with two attached hydrogens (primary N) is 1. The van der Waals surface area contributed by atoms with Crippen LogP contribution in [-0.2, 0) is 17.6 Å². The summed E-state index contributed by atoms with van der Waals surface area (Å²) in [6.07, 6.45) is 5.19. The molecule has 4 N–H and O–H groups in total. The predicted octanol–water partition coefficient (Wildman–Crippen LogP) is 2.61. The van der Waals surface area contributed by atoms with Crippen molar-refractivity contribution in [2.75, 3.05) is 5.32 Å². The molecule has 4 amide bonds. The lowest BCUT2D eigenvalue weighted by atomic mass is 10.1. The van der Waals surface area contributed by atoms with Gasteiger partial charge >= 0.3 is 6.03 Å². The van der Waals surface area contributed by atoms with Gasteiger partial charge in [-0.25, -0.2) is 4.79 Å².